The maximum Gasteiger partial charge on any atom is 0.308 e. The Labute approximate surface area is 198 Å². The number of hydrogen-bond acceptors (Lipinski definition) is 7. The normalized spacial score (nSPS) is 17.1. The zero-order valence-electron chi connectivity index (χ0n) is 19.8. The number of benzene rings is 2. The lowest BCUT2D eigenvalue weighted by Crippen LogP contribution is -2.30. The van der Waals surface area contributed by atoms with Crippen LogP contribution in [0.4, 0.5) is 0 Å². The molecule has 1 N–H and O–H groups in total. The molecule has 2 aromatic carbocycles. The number of nitrogens with zero attached hydrogens (tertiary/aromatic N) is 1. The van der Waals surface area contributed by atoms with E-state index in [4.69, 9.17) is 14.2 Å². The lowest BCUT2D eigenvalue weighted by atomic mass is 9.95. The molecule has 0 aliphatic carbocycles. The average molecular weight is 468 g/mol. The largest absolute Gasteiger partial charge is 0.507 e. The van der Waals surface area contributed by atoms with E-state index in [1.54, 1.807) is 42.5 Å². The first-order valence-electron chi connectivity index (χ1n) is 11.3. The SMILES string of the molecule is CCCN1C(=O)C(=O)/C(=C(\O)c2ccc(OCC)cc2OCC)C1c1ccc(OC(C)=O)cc1. The molecule has 0 radical (unpaired) electrons. The second-order valence-corrected chi connectivity index (χ2v) is 7.68. The van der Waals surface area contributed by atoms with Crippen molar-refractivity contribution in [2.45, 2.75) is 40.2 Å². The predicted molar refractivity (Wildman–Crippen MR) is 126 cm³/mol. The molecule has 1 heterocycles. The first-order valence-corrected chi connectivity index (χ1v) is 11.3. The van der Waals surface area contributed by atoms with E-state index >= 15 is 0 Å². The lowest BCUT2D eigenvalue weighted by molar-refractivity contribution is -0.139. The van der Waals surface area contributed by atoms with Gasteiger partial charge in [0.25, 0.3) is 11.7 Å². The highest BCUT2D eigenvalue weighted by Crippen LogP contribution is 2.42. The van der Waals surface area contributed by atoms with Gasteiger partial charge >= 0.3 is 5.97 Å². The van der Waals surface area contributed by atoms with Gasteiger partial charge in [-0.2, -0.15) is 0 Å². The van der Waals surface area contributed by atoms with Crippen molar-refractivity contribution in [2.24, 2.45) is 0 Å². The van der Waals surface area contributed by atoms with Crippen LogP contribution in [-0.2, 0) is 14.4 Å². The average Bonchev–Trinajstić information content (AvgIpc) is 3.05. The van der Waals surface area contributed by atoms with Crippen LogP contribution in [0.15, 0.2) is 48.0 Å². The molecule has 8 heteroatoms. The number of carbonyl (C=O) groups excluding carboxylic acids is 3. The van der Waals surface area contributed by atoms with Crippen LogP contribution in [0.3, 0.4) is 0 Å². The Hall–Kier alpha value is -3.81. The fourth-order valence-corrected chi connectivity index (χ4v) is 3.96. The molecule has 1 unspecified atom stereocenters. The second kappa shape index (κ2) is 10.9. The Morgan fingerprint density at radius 2 is 1.62 bits per heavy atom. The Morgan fingerprint density at radius 1 is 0.971 bits per heavy atom. The van der Waals surface area contributed by atoms with Gasteiger partial charge in [-0.3, -0.25) is 14.4 Å². The van der Waals surface area contributed by atoms with Gasteiger partial charge in [0.2, 0.25) is 0 Å². The summed E-state index contributed by atoms with van der Waals surface area (Å²) < 4.78 is 16.3. The molecule has 180 valence electrons. The number of aliphatic hydroxyl groups is 1. The summed E-state index contributed by atoms with van der Waals surface area (Å²) in [7, 11) is 0. The van der Waals surface area contributed by atoms with Crippen LogP contribution < -0.4 is 14.2 Å². The van der Waals surface area contributed by atoms with E-state index in [1.807, 2.05) is 20.8 Å². The molecule has 0 aromatic heterocycles. The highest BCUT2D eigenvalue weighted by molar-refractivity contribution is 6.46. The number of aliphatic hydroxyl groups excluding tert-OH is 1. The van der Waals surface area contributed by atoms with Crippen molar-refractivity contribution in [3.05, 3.63) is 59.2 Å². The van der Waals surface area contributed by atoms with Gasteiger partial charge in [0.1, 0.15) is 23.0 Å². The number of Topliss-reactive ketones (excluding diaryl/α,β-unsaturated/α-hetero) is 1. The van der Waals surface area contributed by atoms with E-state index in [2.05, 4.69) is 0 Å². The molecule has 34 heavy (non-hydrogen) atoms. The molecular formula is C26H29NO7. The minimum Gasteiger partial charge on any atom is -0.507 e. The Bertz CT molecular complexity index is 1100. The molecule has 2 aromatic rings. The van der Waals surface area contributed by atoms with Crippen molar-refractivity contribution in [1.29, 1.82) is 0 Å². The van der Waals surface area contributed by atoms with Crippen molar-refractivity contribution in [3.63, 3.8) is 0 Å². The van der Waals surface area contributed by atoms with Gasteiger partial charge in [0.05, 0.1) is 30.4 Å². The van der Waals surface area contributed by atoms with Crippen LogP contribution in [0.1, 0.15) is 51.3 Å². The van der Waals surface area contributed by atoms with Gasteiger partial charge in [-0.25, -0.2) is 0 Å². The Balaban J connectivity index is 2.15. The molecule has 8 nitrogen and oxygen atoms in total. The van der Waals surface area contributed by atoms with E-state index in [0.29, 0.717) is 54.6 Å². The standard InChI is InChI=1S/C26H29NO7/c1-5-14-27-23(17-8-10-18(11-9-17)34-16(4)28)22(25(30)26(27)31)24(29)20-13-12-19(32-6-2)15-21(20)33-7-3/h8-13,15,23,29H,5-7,14H2,1-4H3/b24-22-. The van der Waals surface area contributed by atoms with Crippen molar-refractivity contribution in [3.8, 4) is 17.2 Å². The maximum atomic E-state index is 13.1. The smallest absolute Gasteiger partial charge is 0.308 e. The Morgan fingerprint density at radius 3 is 2.21 bits per heavy atom. The summed E-state index contributed by atoms with van der Waals surface area (Å²) in [6, 6.07) is 10.7. The number of carbonyl (C=O) groups is 3. The summed E-state index contributed by atoms with van der Waals surface area (Å²) in [6.45, 7) is 8.00. The van der Waals surface area contributed by atoms with Crippen LogP contribution >= 0.6 is 0 Å². The molecule has 3 rings (SSSR count). The number of likely N-dealkylation sites (tertiary alicyclic amines) is 1. The predicted octanol–water partition coefficient (Wildman–Crippen LogP) is 4.24. The zero-order valence-corrected chi connectivity index (χ0v) is 19.8. The molecule has 1 atom stereocenters. The molecule has 0 bridgehead atoms. The molecule has 1 aliphatic rings. The summed E-state index contributed by atoms with van der Waals surface area (Å²) in [5, 5.41) is 11.3. The van der Waals surface area contributed by atoms with E-state index < -0.39 is 23.7 Å². The summed E-state index contributed by atoms with van der Waals surface area (Å²) in [5.74, 6) is -0.976. The lowest BCUT2D eigenvalue weighted by Gasteiger charge is -2.25. The van der Waals surface area contributed by atoms with E-state index in [9.17, 15) is 19.5 Å². The quantitative estimate of drug-likeness (QED) is 0.193. The van der Waals surface area contributed by atoms with Gasteiger partial charge < -0.3 is 24.2 Å². The summed E-state index contributed by atoms with van der Waals surface area (Å²) in [4.78, 5) is 38.7. The topological polar surface area (TPSA) is 102 Å². The summed E-state index contributed by atoms with van der Waals surface area (Å²) in [6.07, 6.45) is 0.627. The Kier molecular flexibility index (Phi) is 7.94. The maximum absolute atomic E-state index is 13.1. The molecule has 1 saturated heterocycles. The van der Waals surface area contributed by atoms with E-state index in [-0.39, 0.29) is 11.3 Å². The molecule has 1 aliphatic heterocycles. The van der Waals surface area contributed by atoms with Gasteiger partial charge in [0.15, 0.2) is 0 Å². The molecule has 1 fully saturated rings. The minimum absolute atomic E-state index is 0.0243. The van der Waals surface area contributed by atoms with Gasteiger partial charge in [-0.1, -0.05) is 19.1 Å². The number of ketones is 1. The van der Waals surface area contributed by atoms with Crippen LogP contribution in [0.2, 0.25) is 0 Å². The van der Waals surface area contributed by atoms with Gasteiger partial charge in [0, 0.05) is 19.5 Å². The van der Waals surface area contributed by atoms with Gasteiger partial charge in [-0.15, -0.1) is 0 Å². The second-order valence-electron chi connectivity index (χ2n) is 7.68. The van der Waals surface area contributed by atoms with Gasteiger partial charge in [-0.05, 0) is 50.1 Å². The third-order valence-electron chi connectivity index (χ3n) is 5.28. The van der Waals surface area contributed by atoms with E-state index in [1.165, 1.54) is 11.8 Å². The number of amides is 1. The van der Waals surface area contributed by atoms with Crippen molar-refractivity contribution in [1.82, 2.24) is 4.90 Å². The first-order chi connectivity index (χ1) is 16.3. The summed E-state index contributed by atoms with van der Waals surface area (Å²) in [5.41, 5.74) is 0.874. The first kappa shape index (κ1) is 24.8. The van der Waals surface area contributed by atoms with Crippen LogP contribution in [-0.4, -0.2) is 47.4 Å². The number of esters is 1. The third-order valence-corrected chi connectivity index (χ3v) is 5.28. The van der Waals surface area contributed by atoms with Crippen LogP contribution in [0.5, 0.6) is 17.2 Å². The molecular weight excluding hydrogens is 438 g/mol. The zero-order chi connectivity index (χ0) is 24.8. The minimum atomic E-state index is -0.799. The molecule has 0 spiro atoms. The summed E-state index contributed by atoms with van der Waals surface area (Å²) >= 11 is 0. The fourth-order valence-electron chi connectivity index (χ4n) is 3.96. The van der Waals surface area contributed by atoms with Crippen LogP contribution in [0, 0.1) is 0 Å². The third kappa shape index (κ3) is 5.06. The van der Waals surface area contributed by atoms with Crippen LogP contribution in [0.25, 0.3) is 5.76 Å². The highest BCUT2D eigenvalue weighted by Gasteiger charge is 2.46. The van der Waals surface area contributed by atoms with Crippen molar-refractivity contribution >= 4 is 23.4 Å². The monoisotopic (exact) mass is 467 g/mol. The molecule has 0 saturated carbocycles. The number of rotatable bonds is 9. The highest BCUT2D eigenvalue weighted by atomic mass is 16.5. The van der Waals surface area contributed by atoms with Crippen molar-refractivity contribution < 1.29 is 33.7 Å². The molecule has 1 amide bonds. The number of ether oxygens (including phenoxy) is 3. The fraction of sp³-hybridized carbons (Fsp3) is 0.346. The van der Waals surface area contributed by atoms with E-state index in [0.717, 1.165) is 0 Å². The van der Waals surface area contributed by atoms with Crippen molar-refractivity contribution in [2.75, 3.05) is 19.8 Å². The number of hydrogen-bond donors (Lipinski definition) is 1.